The molecule has 2 aromatic rings. The van der Waals surface area contributed by atoms with Crippen molar-refractivity contribution in [2.75, 3.05) is 11.6 Å². The lowest BCUT2D eigenvalue weighted by atomic mass is 9.91. The van der Waals surface area contributed by atoms with E-state index in [2.05, 4.69) is 20.7 Å². The molecule has 3 unspecified atom stereocenters. The van der Waals surface area contributed by atoms with Gasteiger partial charge in [0.2, 0.25) is 5.95 Å². The number of carbonyl (C=O) groups excluding carboxylic acids is 2. The summed E-state index contributed by atoms with van der Waals surface area (Å²) in [5, 5.41) is 4.58. The highest BCUT2D eigenvalue weighted by molar-refractivity contribution is 6.10. The van der Waals surface area contributed by atoms with Crippen LogP contribution >= 0.6 is 0 Å². The van der Waals surface area contributed by atoms with Crippen molar-refractivity contribution in [3.05, 3.63) is 47.8 Å². The number of ketones is 1. The summed E-state index contributed by atoms with van der Waals surface area (Å²) in [6.45, 7) is 4.02. The summed E-state index contributed by atoms with van der Waals surface area (Å²) in [5.74, 6) is -0.203. The summed E-state index contributed by atoms with van der Waals surface area (Å²) >= 11 is 0. The van der Waals surface area contributed by atoms with Gasteiger partial charge in [0.05, 0.1) is 6.17 Å². The van der Waals surface area contributed by atoms with Gasteiger partial charge in [-0.15, -0.1) is 0 Å². The molecule has 4 rings (SSSR count). The molecule has 8 nitrogen and oxygen atoms in total. The van der Waals surface area contributed by atoms with Crippen LogP contribution in [0.4, 0.5) is 5.95 Å². The first-order chi connectivity index (χ1) is 13.0. The zero-order valence-electron chi connectivity index (χ0n) is 15.2. The van der Waals surface area contributed by atoms with Gasteiger partial charge in [0.15, 0.2) is 0 Å². The lowest BCUT2D eigenvalue weighted by Gasteiger charge is -2.30. The van der Waals surface area contributed by atoms with Gasteiger partial charge in [-0.1, -0.05) is 18.2 Å². The Hall–Kier alpha value is -2.84. The van der Waals surface area contributed by atoms with Crippen LogP contribution in [0.1, 0.15) is 17.8 Å². The summed E-state index contributed by atoms with van der Waals surface area (Å²) in [7, 11) is 0. The van der Waals surface area contributed by atoms with E-state index >= 15 is 0 Å². The second-order valence-electron chi connectivity index (χ2n) is 6.87. The smallest absolute Gasteiger partial charge is 0.257 e. The minimum absolute atomic E-state index is 0.107. The maximum Gasteiger partial charge on any atom is 0.257 e. The number of Topliss-reactive ketones (excluding diaryl/α,β-unsaturated/α-hetero) is 1. The number of aromatic nitrogens is 2. The van der Waals surface area contributed by atoms with Gasteiger partial charge >= 0.3 is 0 Å². The molecule has 0 aliphatic carbocycles. The van der Waals surface area contributed by atoms with Gasteiger partial charge in [0.1, 0.15) is 24.1 Å². The number of amides is 1. The minimum Gasteiger partial charge on any atom is -0.492 e. The topological polar surface area (TPSA) is 96.5 Å². The number of nitrogens with zero attached hydrogens (tertiary/aromatic N) is 3. The SMILES string of the molecule is Cc1cc(C)nc(N2NC3NC(COc4ccccc4)CC(=O)C3C2=O)n1. The molecule has 0 saturated carbocycles. The molecule has 2 saturated heterocycles. The van der Waals surface area contributed by atoms with Gasteiger partial charge in [0, 0.05) is 23.9 Å². The van der Waals surface area contributed by atoms with E-state index in [-0.39, 0.29) is 30.1 Å². The lowest BCUT2D eigenvalue weighted by Crippen LogP contribution is -2.57. The molecule has 27 heavy (non-hydrogen) atoms. The number of nitrogens with one attached hydrogen (secondary N) is 2. The number of rotatable bonds is 4. The Morgan fingerprint density at radius 3 is 2.56 bits per heavy atom. The average Bonchev–Trinajstić information content (AvgIpc) is 2.97. The molecule has 2 aliphatic heterocycles. The summed E-state index contributed by atoms with van der Waals surface area (Å²) < 4.78 is 5.75. The number of anilines is 1. The first-order valence-electron chi connectivity index (χ1n) is 8.90. The minimum atomic E-state index is -0.776. The van der Waals surface area contributed by atoms with Crippen LogP contribution in [0, 0.1) is 19.8 Å². The van der Waals surface area contributed by atoms with Gasteiger partial charge in [-0.3, -0.25) is 14.9 Å². The van der Waals surface area contributed by atoms with E-state index in [0.29, 0.717) is 6.61 Å². The summed E-state index contributed by atoms with van der Waals surface area (Å²) in [6, 6.07) is 11.1. The molecular weight excluding hydrogens is 346 g/mol. The third kappa shape index (κ3) is 3.54. The Balaban J connectivity index is 1.47. The molecular formula is C19H21N5O3. The highest BCUT2D eigenvalue weighted by Crippen LogP contribution is 2.26. The van der Waals surface area contributed by atoms with Crippen molar-refractivity contribution in [2.45, 2.75) is 32.5 Å². The third-order valence-electron chi connectivity index (χ3n) is 4.66. The molecule has 2 N–H and O–H groups in total. The monoisotopic (exact) mass is 367 g/mol. The fraction of sp³-hybridized carbons (Fsp3) is 0.368. The van der Waals surface area contributed by atoms with Crippen molar-refractivity contribution in [3.8, 4) is 5.75 Å². The molecule has 1 aromatic heterocycles. The summed E-state index contributed by atoms with van der Waals surface area (Å²) in [4.78, 5) is 34.0. The number of piperidine rings is 1. The van der Waals surface area contributed by atoms with Crippen molar-refractivity contribution >= 4 is 17.6 Å². The van der Waals surface area contributed by atoms with Crippen molar-refractivity contribution in [2.24, 2.45) is 5.92 Å². The van der Waals surface area contributed by atoms with Crippen LogP contribution < -0.4 is 20.5 Å². The van der Waals surface area contributed by atoms with Gasteiger partial charge in [-0.05, 0) is 32.0 Å². The Labute approximate surface area is 156 Å². The lowest BCUT2D eigenvalue weighted by molar-refractivity contribution is -0.133. The number of ether oxygens (including phenoxy) is 1. The predicted molar refractivity (Wildman–Crippen MR) is 97.9 cm³/mol. The molecule has 0 spiro atoms. The number of para-hydroxylation sites is 1. The van der Waals surface area contributed by atoms with E-state index in [1.807, 2.05) is 50.2 Å². The second-order valence-corrected chi connectivity index (χ2v) is 6.87. The first-order valence-corrected chi connectivity index (χ1v) is 8.90. The molecule has 1 amide bonds. The third-order valence-corrected chi connectivity index (χ3v) is 4.66. The van der Waals surface area contributed by atoms with Crippen LogP contribution in [0.25, 0.3) is 0 Å². The zero-order chi connectivity index (χ0) is 19.0. The molecule has 0 bridgehead atoms. The Bertz CT molecular complexity index is 853. The van der Waals surface area contributed by atoms with Crippen LogP contribution in [-0.4, -0.2) is 40.5 Å². The Kier molecular flexibility index (Phi) is 4.59. The maximum absolute atomic E-state index is 12.8. The van der Waals surface area contributed by atoms with Crippen LogP contribution in [0.15, 0.2) is 36.4 Å². The molecule has 0 radical (unpaired) electrons. The number of aryl methyl sites for hydroxylation is 2. The molecule has 1 aromatic carbocycles. The fourth-order valence-electron chi connectivity index (χ4n) is 3.48. The second kappa shape index (κ2) is 7.05. The summed E-state index contributed by atoms with van der Waals surface area (Å²) in [6.07, 6.45) is -0.254. The number of hydrogen-bond acceptors (Lipinski definition) is 7. The average molecular weight is 367 g/mol. The molecule has 140 valence electrons. The normalized spacial score (nSPS) is 24.8. The fourth-order valence-corrected chi connectivity index (χ4v) is 3.48. The van der Waals surface area contributed by atoms with E-state index in [0.717, 1.165) is 17.1 Å². The molecule has 3 atom stereocenters. The van der Waals surface area contributed by atoms with Crippen LogP contribution in [0.3, 0.4) is 0 Å². The van der Waals surface area contributed by atoms with Crippen molar-refractivity contribution in [3.63, 3.8) is 0 Å². The first kappa shape index (κ1) is 17.6. The van der Waals surface area contributed by atoms with Gasteiger partial charge < -0.3 is 4.74 Å². The van der Waals surface area contributed by atoms with E-state index in [4.69, 9.17) is 4.74 Å². The van der Waals surface area contributed by atoms with E-state index < -0.39 is 12.1 Å². The molecule has 2 aliphatic rings. The largest absolute Gasteiger partial charge is 0.492 e. The Morgan fingerprint density at radius 2 is 1.85 bits per heavy atom. The van der Waals surface area contributed by atoms with Crippen molar-refractivity contribution < 1.29 is 14.3 Å². The highest BCUT2D eigenvalue weighted by Gasteiger charge is 2.50. The van der Waals surface area contributed by atoms with E-state index in [1.54, 1.807) is 0 Å². The molecule has 8 heteroatoms. The van der Waals surface area contributed by atoms with Crippen LogP contribution in [-0.2, 0) is 9.59 Å². The number of carbonyl (C=O) groups is 2. The molecule has 2 fully saturated rings. The predicted octanol–water partition coefficient (Wildman–Crippen LogP) is 0.897. The van der Waals surface area contributed by atoms with E-state index in [9.17, 15) is 9.59 Å². The van der Waals surface area contributed by atoms with E-state index in [1.165, 1.54) is 5.01 Å². The summed E-state index contributed by atoms with van der Waals surface area (Å²) in [5.41, 5.74) is 4.56. The number of fused-ring (bicyclic) bond motifs is 1. The zero-order valence-corrected chi connectivity index (χ0v) is 15.2. The Morgan fingerprint density at radius 1 is 1.15 bits per heavy atom. The van der Waals surface area contributed by atoms with Gasteiger partial charge in [0.25, 0.3) is 5.91 Å². The quantitative estimate of drug-likeness (QED) is 0.775. The number of hydrogen-bond donors (Lipinski definition) is 2. The number of hydrazine groups is 1. The van der Waals surface area contributed by atoms with Crippen LogP contribution in [0.5, 0.6) is 5.75 Å². The van der Waals surface area contributed by atoms with Crippen molar-refractivity contribution in [1.82, 2.24) is 20.7 Å². The highest BCUT2D eigenvalue weighted by atomic mass is 16.5. The van der Waals surface area contributed by atoms with Crippen molar-refractivity contribution in [1.29, 1.82) is 0 Å². The number of benzene rings is 1. The maximum atomic E-state index is 12.8. The van der Waals surface area contributed by atoms with Gasteiger partial charge in [-0.2, -0.15) is 0 Å². The van der Waals surface area contributed by atoms with Gasteiger partial charge in [-0.25, -0.2) is 20.4 Å². The molecule has 3 heterocycles. The van der Waals surface area contributed by atoms with Crippen LogP contribution in [0.2, 0.25) is 0 Å². The standard InChI is InChI=1S/C19H21N5O3/c1-11-8-12(2)21-19(20-11)24-18(26)16-15(25)9-13(22-17(16)23-24)10-27-14-6-4-3-5-7-14/h3-8,13,16-17,22-23H,9-10H2,1-2H3.